The monoisotopic (exact) mass is 312 g/mol. The van der Waals surface area contributed by atoms with Gasteiger partial charge in [-0.1, -0.05) is 28.9 Å². The van der Waals surface area contributed by atoms with Gasteiger partial charge >= 0.3 is 0 Å². The predicted molar refractivity (Wildman–Crippen MR) is 78.9 cm³/mol. The van der Waals surface area contributed by atoms with E-state index in [1.165, 1.54) is 11.3 Å². The normalized spacial score (nSPS) is 19.5. The molecule has 1 aromatic carbocycles. The molecule has 1 saturated heterocycles. The van der Waals surface area contributed by atoms with Crippen molar-refractivity contribution >= 4 is 21.6 Å². The van der Waals surface area contributed by atoms with Gasteiger partial charge in [0.1, 0.15) is 0 Å². The maximum absolute atomic E-state index is 9.25. The first-order valence-corrected chi connectivity index (χ1v) is 7.38. The third-order valence-corrected chi connectivity index (χ3v) is 3.99. The number of halogens is 1. The second-order valence-electron chi connectivity index (χ2n) is 4.84. The van der Waals surface area contributed by atoms with Gasteiger partial charge in [-0.25, -0.2) is 0 Å². The van der Waals surface area contributed by atoms with Crippen LogP contribution in [0.3, 0.4) is 0 Å². The summed E-state index contributed by atoms with van der Waals surface area (Å²) in [7, 11) is 0. The van der Waals surface area contributed by atoms with Gasteiger partial charge in [0, 0.05) is 42.3 Å². The quantitative estimate of drug-likeness (QED) is 0.876. The van der Waals surface area contributed by atoms with E-state index in [1.54, 1.807) is 0 Å². The van der Waals surface area contributed by atoms with Gasteiger partial charge in [-0.05, 0) is 30.7 Å². The average Bonchev–Trinajstić information content (AvgIpc) is 2.86. The minimum absolute atomic E-state index is 0.299. The Balaban J connectivity index is 2.16. The van der Waals surface area contributed by atoms with Gasteiger partial charge < -0.3 is 15.3 Å². The van der Waals surface area contributed by atoms with Crippen LogP contribution in [0.1, 0.15) is 18.9 Å². The van der Waals surface area contributed by atoms with Crippen molar-refractivity contribution in [3.8, 4) is 0 Å². The average molecular weight is 313 g/mol. The van der Waals surface area contributed by atoms with Crippen LogP contribution < -0.4 is 10.2 Å². The van der Waals surface area contributed by atoms with E-state index in [2.05, 4.69) is 51.3 Å². The molecule has 0 bridgehead atoms. The SMILES string of the molecule is CCNCc1ccc(Br)cc1N1CCC(CO)C1. The largest absolute Gasteiger partial charge is 0.396 e. The summed E-state index contributed by atoms with van der Waals surface area (Å²) in [6.45, 7) is 6.31. The lowest BCUT2D eigenvalue weighted by molar-refractivity contribution is 0.238. The van der Waals surface area contributed by atoms with Gasteiger partial charge in [-0.2, -0.15) is 0 Å². The summed E-state index contributed by atoms with van der Waals surface area (Å²) in [5, 5.41) is 12.6. The fourth-order valence-electron chi connectivity index (χ4n) is 2.44. The second-order valence-corrected chi connectivity index (χ2v) is 5.75. The van der Waals surface area contributed by atoms with Crippen molar-refractivity contribution in [2.24, 2.45) is 5.92 Å². The molecule has 1 fully saturated rings. The highest BCUT2D eigenvalue weighted by Crippen LogP contribution is 2.29. The molecule has 18 heavy (non-hydrogen) atoms. The summed E-state index contributed by atoms with van der Waals surface area (Å²) < 4.78 is 1.12. The van der Waals surface area contributed by atoms with Crippen molar-refractivity contribution in [2.45, 2.75) is 19.9 Å². The maximum Gasteiger partial charge on any atom is 0.0476 e. The minimum Gasteiger partial charge on any atom is -0.396 e. The molecule has 0 radical (unpaired) electrons. The Kier molecular flexibility index (Phi) is 5.03. The highest BCUT2D eigenvalue weighted by Gasteiger charge is 2.23. The Hall–Kier alpha value is -0.580. The molecule has 1 aromatic rings. The number of nitrogens with zero attached hydrogens (tertiary/aromatic N) is 1. The van der Waals surface area contributed by atoms with Crippen LogP contribution >= 0.6 is 15.9 Å². The van der Waals surface area contributed by atoms with Crippen LogP contribution in [0.5, 0.6) is 0 Å². The number of hydrogen-bond donors (Lipinski definition) is 2. The van der Waals surface area contributed by atoms with Crippen LogP contribution in [-0.2, 0) is 6.54 Å². The number of hydrogen-bond acceptors (Lipinski definition) is 3. The molecule has 0 amide bonds. The first-order chi connectivity index (χ1) is 8.74. The molecule has 1 heterocycles. The van der Waals surface area contributed by atoms with Crippen LogP contribution in [0.25, 0.3) is 0 Å². The summed E-state index contributed by atoms with van der Waals surface area (Å²) in [6, 6.07) is 6.45. The Bertz CT molecular complexity index is 397. The first-order valence-electron chi connectivity index (χ1n) is 6.59. The standard InChI is InChI=1S/C14H21BrN2O/c1-2-16-8-12-3-4-13(15)7-14(12)17-6-5-11(9-17)10-18/h3-4,7,11,16,18H,2,5-6,8-10H2,1H3. The van der Waals surface area contributed by atoms with Crippen molar-refractivity contribution in [2.75, 3.05) is 31.1 Å². The van der Waals surface area contributed by atoms with Gasteiger partial charge in [0.05, 0.1) is 0 Å². The molecule has 0 spiro atoms. The maximum atomic E-state index is 9.25. The summed E-state index contributed by atoms with van der Waals surface area (Å²) in [5.41, 5.74) is 2.62. The molecule has 2 N–H and O–H groups in total. The third-order valence-electron chi connectivity index (χ3n) is 3.50. The number of aliphatic hydroxyl groups excluding tert-OH is 1. The van der Waals surface area contributed by atoms with Gasteiger partial charge in [0.25, 0.3) is 0 Å². The Morgan fingerprint density at radius 1 is 1.50 bits per heavy atom. The van der Waals surface area contributed by atoms with Gasteiger partial charge in [0.2, 0.25) is 0 Å². The molecule has 1 aliphatic heterocycles. The molecule has 3 nitrogen and oxygen atoms in total. The molecule has 0 aromatic heterocycles. The lowest BCUT2D eigenvalue weighted by Gasteiger charge is -2.22. The number of benzene rings is 1. The van der Waals surface area contributed by atoms with E-state index < -0.39 is 0 Å². The minimum atomic E-state index is 0.299. The van der Waals surface area contributed by atoms with Crippen molar-refractivity contribution in [1.82, 2.24) is 5.32 Å². The first kappa shape index (κ1) is 13.8. The molecule has 2 rings (SSSR count). The van der Waals surface area contributed by atoms with E-state index in [1.807, 2.05) is 0 Å². The fourth-order valence-corrected chi connectivity index (χ4v) is 2.79. The summed E-state index contributed by atoms with van der Waals surface area (Å²) in [4.78, 5) is 2.39. The molecular weight excluding hydrogens is 292 g/mol. The van der Waals surface area contributed by atoms with E-state index in [-0.39, 0.29) is 0 Å². The van der Waals surface area contributed by atoms with E-state index >= 15 is 0 Å². The summed E-state index contributed by atoms with van der Waals surface area (Å²) >= 11 is 3.55. The van der Waals surface area contributed by atoms with Crippen LogP contribution in [0.15, 0.2) is 22.7 Å². The Labute approximate surface area is 117 Å². The topological polar surface area (TPSA) is 35.5 Å². The molecule has 1 unspecified atom stereocenters. The lowest BCUT2D eigenvalue weighted by atomic mass is 10.1. The molecule has 0 saturated carbocycles. The van der Waals surface area contributed by atoms with Crippen LogP contribution in [0.2, 0.25) is 0 Å². The van der Waals surface area contributed by atoms with Crippen LogP contribution in [0, 0.1) is 5.92 Å². The third kappa shape index (κ3) is 3.25. The molecule has 4 heteroatoms. The number of aliphatic hydroxyl groups is 1. The van der Waals surface area contributed by atoms with Crippen LogP contribution in [0.4, 0.5) is 5.69 Å². The lowest BCUT2D eigenvalue weighted by Crippen LogP contribution is -2.23. The molecule has 0 aliphatic carbocycles. The Morgan fingerprint density at radius 3 is 3.00 bits per heavy atom. The van der Waals surface area contributed by atoms with Gasteiger partial charge in [-0.3, -0.25) is 0 Å². The molecular formula is C14H21BrN2O. The predicted octanol–water partition coefficient (Wildman–Crippen LogP) is 2.38. The van der Waals surface area contributed by atoms with Gasteiger partial charge in [0.15, 0.2) is 0 Å². The smallest absolute Gasteiger partial charge is 0.0476 e. The van der Waals surface area contributed by atoms with E-state index in [0.717, 1.165) is 37.1 Å². The zero-order valence-corrected chi connectivity index (χ0v) is 12.4. The highest BCUT2D eigenvalue weighted by atomic mass is 79.9. The molecule has 100 valence electrons. The summed E-state index contributed by atoms with van der Waals surface area (Å²) in [5.74, 6) is 0.427. The molecule has 1 atom stereocenters. The number of nitrogens with one attached hydrogen (secondary N) is 1. The van der Waals surface area contributed by atoms with Crippen molar-refractivity contribution < 1.29 is 5.11 Å². The van der Waals surface area contributed by atoms with Crippen molar-refractivity contribution in [3.63, 3.8) is 0 Å². The second kappa shape index (κ2) is 6.55. The zero-order chi connectivity index (χ0) is 13.0. The summed E-state index contributed by atoms with van der Waals surface area (Å²) in [6.07, 6.45) is 1.09. The van der Waals surface area contributed by atoms with Gasteiger partial charge in [-0.15, -0.1) is 0 Å². The van der Waals surface area contributed by atoms with E-state index in [4.69, 9.17) is 0 Å². The number of anilines is 1. The zero-order valence-electron chi connectivity index (χ0n) is 10.8. The van der Waals surface area contributed by atoms with E-state index in [9.17, 15) is 5.11 Å². The highest BCUT2D eigenvalue weighted by molar-refractivity contribution is 9.10. The van der Waals surface area contributed by atoms with Crippen molar-refractivity contribution in [3.05, 3.63) is 28.2 Å². The Morgan fingerprint density at radius 2 is 2.33 bits per heavy atom. The fraction of sp³-hybridized carbons (Fsp3) is 0.571. The number of rotatable bonds is 5. The van der Waals surface area contributed by atoms with Crippen LogP contribution in [-0.4, -0.2) is 31.3 Å². The molecule has 1 aliphatic rings. The van der Waals surface area contributed by atoms with E-state index in [0.29, 0.717) is 12.5 Å². The van der Waals surface area contributed by atoms with Crippen molar-refractivity contribution in [1.29, 1.82) is 0 Å².